The second-order valence-corrected chi connectivity index (χ2v) is 1.71. The lowest BCUT2D eigenvalue weighted by Gasteiger charge is -1.91. The van der Waals surface area contributed by atoms with Gasteiger partial charge in [-0.25, -0.2) is 4.79 Å². The van der Waals surface area contributed by atoms with Crippen molar-refractivity contribution >= 4 is 11.8 Å². The van der Waals surface area contributed by atoms with Gasteiger partial charge < -0.3 is 4.74 Å². The summed E-state index contributed by atoms with van der Waals surface area (Å²) in [5.41, 5.74) is 0.499. The normalized spacial score (nSPS) is 11.6. The predicted molar refractivity (Wildman–Crippen MR) is 44.9 cm³/mol. The molecule has 0 aliphatic rings. The Morgan fingerprint density at radius 2 is 2.27 bits per heavy atom. The zero-order valence-corrected chi connectivity index (χ0v) is 6.70. The van der Waals surface area contributed by atoms with Gasteiger partial charge in [-0.2, -0.15) is 4.99 Å². The van der Waals surface area contributed by atoms with Crippen molar-refractivity contribution in [3.63, 3.8) is 0 Å². The molecule has 0 N–H and O–H groups in total. The molecule has 0 aliphatic heterocycles. The first kappa shape index (κ1) is 9.62. The standard InChI is InChI=1S/C8H11NO2/c1-4-6-7(5-2)9-8(10)11-3/h4-6H,2H2,1,3H3/b6-4-,9-7?. The highest BCUT2D eigenvalue weighted by Crippen LogP contribution is 1.87. The molecule has 11 heavy (non-hydrogen) atoms. The van der Waals surface area contributed by atoms with Crippen molar-refractivity contribution in [3.05, 3.63) is 24.8 Å². The number of carbonyl (C=O) groups is 1. The van der Waals surface area contributed by atoms with Crippen molar-refractivity contribution in [3.8, 4) is 0 Å². The molecule has 0 aromatic carbocycles. The van der Waals surface area contributed by atoms with Gasteiger partial charge >= 0.3 is 6.09 Å². The maximum atomic E-state index is 10.6. The largest absolute Gasteiger partial charge is 0.451 e. The van der Waals surface area contributed by atoms with Gasteiger partial charge in [0.1, 0.15) is 0 Å². The van der Waals surface area contributed by atoms with E-state index in [0.29, 0.717) is 5.71 Å². The van der Waals surface area contributed by atoms with Crippen LogP contribution in [0.3, 0.4) is 0 Å². The fraction of sp³-hybridized carbons (Fsp3) is 0.250. The molecule has 0 unspecified atom stereocenters. The number of methoxy groups -OCH3 is 1. The first-order valence-electron chi connectivity index (χ1n) is 3.16. The van der Waals surface area contributed by atoms with E-state index in [2.05, 4.69) is 16.3 Å². The Hall–Kier alpha value is -1.38. The van der Waals surface area contributed by atoms with Crippen molar-refractivity contribution in [2.45, 2.75) is 6.92 Å². The lowest BCUT2D eigenvalue weighted by Crippen LogP contribution is -1.97. The minimum atomic E-state index is -0.613. The molecule has 0 aromatic heterocycles. The zero-order chi connectivity index (χ0) is 8.69. The van der Waals surface area contributed by atoms with E-state index in [1.807, 2.05) is 6.92 Å². The number of rotatable bonds is 2. The van der Waals surface area contributed by atoms with Crippen LogP contribution >= 0.6 is 0 Å². The molecule has 0 heterocycles. The van der Waals surface area contributed by atoms with E-state index in [-0.39, 0.29) is 0 Å². The summed E-state index contributed by atoms with van der Waals surface area (Å²) in [4.78, 5) is 14.1. The summed E-state index contributed by atoms with van der Waals surface area (Å²) in [6.07, 6.45) is 4.31. The Morgan fingerprint density at radius 3 is 2.64 bits per heavy atom. The Kier molecular flexibility index (Phi) is 4.73. The molecule has 3 heteroatoms. The first-order chi connectivity index (χ1) is 5.24. The highest BCUT2D eigenvalue weighted by atomic mass is 16.5. The second-order valence-electron chi connectivity index (χ2n) is 1.71. The lowest BCUT2D eigenvalue weighted by atomic mass is 10.3. The van der Waals surface area contributed by atoms with Gasteiger partial charge in [0.05, 0.1) is 12.8 Å². The average molecular weight is 153 g/mol. The molecular formula is C8H11NO2. The van der Waals surface area contributed by atoms with E-state index in [1.165, 1.54) is 13.2 Å². The van der Waals surface area contributed by atoms with Gasteiger partial charge in [0.15, 0.2) is 0 Å². The molecule has 0 bridgehead atoms. The summed E-state index contributed by atoms with van der Waals surface area (Å²) in [6.45, 7) is 5.31. The van der Waals surface area contributed by atoms with Crippen LogP contribution in [-0.4, -0.2) is 18.9 Å². The van der Waals surface area contributed by atoms with Crippen molar-refractivity contribution in [2.24, 2.45) is 4.99 Å². The third-order valence-electron chi connectivity index (χ3n) is 0.942. The molecule has 0 atom stereocenters. The van der Waals surface area contributed by atoms with Crippen LogP contribution in [0.1, 0.15) is 6.92 Å². The smallest absolute Gasteiger partial charge is 0.433 e. The van der Waals surface area contributed by atoms with Gasteiger partial charge in [0, 0.05) is 0 Å². The molecule has 1 amide bonds. The molecule has 0 aliphatic carbocycles. The van der Waals surface area contributed by atoms with Gasteiger partial charge in [-0.1, -0.05) is 12.7 Å². The summed E-state index contributed by atoms with van der Waals surface area (Å²) < 4.78 is 4.32. The van der Waals surface area contributed by atoms with Crippen LogP contribution < -0.4 is 0 Å². The summed E-state index contributed by atoms with van der Waals surface area (Å²) in [7, 11) is 1.28. The van der Waals surface area contributed by atoms with Crippen LogP contribution in [0.15, 0.2) is 29.8 Å². The van der Waals surface area contributed by atoms with Crippen molar-refractivity contribution in [1.29, 1.82) is 0 Å². The van der Waals surface area contributed by atoms with Crippen LogP contribution in [0.2, 0.25) is 0 Å². The molecule has 0 spiro atoms. The minimum absolute atomic E-state index is 0.499. The topological polar surface area (TPSA) is 38.7 Å². The number of hydrogen-bond acceptors (Lipinski definition) is 2. The fourth-order valence-corrected chi connectivity index (χ4v) is 0.473. The van der Waals surface area contributed by atoms with E-state index >= 15 is 0 Å². The molecule has 0 saturated carbocycles. The van der Waals surface area contributed by atoms with E-state index in [0.717, 1.165) is 0 Å². The maximum Gasteiger partial charge on any atom is 0.433 e. The van der Waals surface area contributed by atoms with Crippen LogP contribution in [0, 0.1) is 0 Å². The third-order valence-corrected chi connectivity index (χ3v) is 0.942. The Labute approximate surface area is 66.1 Å². The Morgan fingerprint density at radius 1 is 1.64 bits per heavy atom. The molecule has 3 nitrogen and oxygen atoms in total. The zero-order valence-electron chi connectivity index (χ0n) is 6.70. The minimum Gasteiger partial charge on any atom is -0.451 e. The highest BCUT2D eigenvalue weighted by Gasteiger charge is 1.94. The maximum absolute atomic E-state index is 10.6. The fourth-order valence-electron chi connectivity index (χ4n) is 0.473. The van der Waals surface area contributed by atoms with Crippen LogP contribution in [-0.2, 0) is 4.74 Å². The SMILES string of the molecule is C=CC(/C=C\C)=NC(=O)OC. The van der Waals surface area contributed by atoms with E-state index in [1.54, 1.807) is 12.2 Å². The summed E-state index contributed by atoms with van der Waals surface area (Å²) >= 11 is 0. The number of ether oxygens (including phenoxy) is 1. The van der Waals surface area contributed by atoms with Gasteiger partial charge in [-0.15, -0.1) is 0 Å². The van der Waals surface area contributed by atoms with Gasteiger partial charge in [0.2, 0.25) is 0 Å². The first-order valence-corrected chi connectivity index (χ1v) is 3.16. The van der Waals surface area contributed by atoms with Crippen LogP contribution in [0.4, 0.5) is 4.79 Å². The van der Waals surface area contributed by atoms with Crippen molar-refractivity contribution in [2.75, 3.05) is 7.11 Å². The quantitative estimate of drug-likeness (QED) is 0.569. The van der Waals surface area contributed by atoms with Crippen molar-refractivity contribution < 1.29 is 9.53 Å². The number of aliphatic imine (C=N–C) groups is 1. The monoisotopic (exact) mass is 153 g/mol. The number of carbonyl (C=O) groups excluding carboxylic acids is 1. The molecule has 0 radical (unpaired) electrons. The summed E-state index contributed by atoms with van der Waals surface area (Å²) in [5, 5.41) is 0. The van der Waals surface area contributed by atoms with Gasteiger partial charge in [-0.3, -0.25) is 0 Å². The molecule has 0 rings (SSSR count). The number of amides is 1. The van der Waals surface area contributed by atoms with E-state index in [4.69, 9.17) is 0 Å². The molecule has 0 fully saturated rings. The van der Waals surface area contributed by atoms with E-state index in [9.17, 15) is 4.79 Å². The molecule has 0 saturated heterocycles. The Bertz CT molecular complexity index is 204. The molecule has 60 valence electrons. The molecule has 0 aromatic rings. The number of allylic oxidation sites excluding steroid dienone is 3. The van der Waals surface area contributed by atoms with E-state index < -0.39 is 6.09 Å². The van der Waals surface area contributed by atoms with Gasteiger partial charge in [-0.05, 0) is 19.1 Å². The molecular weight excluding hydrogens is 142 g/mol. The second kappa shape index (κ2) is 5.41. The summed E-state index contributed by atoms with van der Waals surface area (Å²) in [6, 6.07) is 0. The third kappa shape index (κ3) is 4.08. The van der Waals surface area contributed by atoms with Crippen LogP contribution in [0.25, 0.3) is 0 Å². The lowest BCUT2D eigenvalue weighted by molar-refractivity contribution is 0.182. The number of nitrogens with zero attached hydrogens (tertiary/aromatic N) is 1. The van der Waals surface area contributed by atoms with Crippen LogP contribution in [0.5, 0.6) is 0 Å². The van der Waals surface area contributed by atoms with Crippen molar-refractivity contribution in [1.82, 2.24) is 0 Å². The summed E-state index contributed by atoms with van der Waals surface area (Å²) in [5.74, 6) is 0. The average Bonchev–Trinajstić information content (AvgIpc) is 2.03. The highest BCUT2D eigenvalue weighted by molar-refractivity contribution is 6.07. The Balaban J connectivity index is 4.34. The predicted octanol–water partition coefficient (Wildman–Crippen LogP) is 1.96. The van der Waals surface area contributed by atoms with Gasteiger partial charge in [0.25, 0.3) is 0 Å². The number of hydrogen-bond donors (Lipinski definition) is 0.